The van der Waals surface area contributed by atoms with E-state index in [1.54, 1.807) is 13.2 Å². The van der Waals surface area contributed by atoms with Crippen molar-refractivity contribution in [3.05, 3.63) is 95.5 Å². The van der Waals surface area contributed by atoms with Crippen LogP contribution in [0, 0.1) is 6.92 Å². The summed E-state index contributed by atoms with van der Waals surface area (Å²) in [6, 6.07) is 24.2. The second kappa shape index (κ2) is 8.02. The van der Waals surface area contributed by atoms with Crippen LogP contribution in [0.1, 0.15) is 15.9 Å². The van der Waals surface area contributed by atoms with E-state index in [2.05, 4.69) is 10.3 Å². The second-order valence-electron chi connectivity index (χ2n) is 6.63. The standard InChI is InChI=1S/C24H20N2O3/c1-16-7-9-18(10-8-16)25-23(27)21-15-17-5-3-4-6-22(17)29-24(21)26-19-11-13-20(28-2)14-12-19/h3-15H,1-2H3,(H,25,27). The Bertz CT molecular complexity index is 1220. The Morgan fingerprint density at radius 1 is 0.966 bits per heavy atom. The van der Waals surface area contributed by atoms with Crippen LogP contribution in [0.15, 0.2) is 88.3 Å². The molecule has 5 heteroatoms. The highest BCUT2D eigenvalue weighted by Gasteiger charge is 2.13. The Morgan fingerprint density at radius 3 is 2.41 bits per heavy atom. The number of methoxy groups -OCH3 is 1. The molecule has 5 nitrogen and oxygen atoms in total. The minimum absolute atomic E-state index is 0.249. The molecule has 0 aliphatic heterocycles. The minimum Gasteiger partial charge on any atom is -0.497 e. The molecule has 0 aliphatic carbocycles. The number of hydrogen-bond acceptors (Lipinski definition) is 4. The van der Waals surface area contributed by atoms with Crippen LogP contribution in [-0.4, -0.2) is 13.0 Å². The lowest BCUT2D eigenvalue weighted by atomic mass is 10.1. The predicted octanol–water partition coefficient (Wildman–Crippen LogP) is 5.23. The van der Waals surface area contributed by atoms with Crippen LogP contribution in [0.25, 0.3) is 11.0 Å². The molecule has 0 saturated carbocycles. The molecule has 1 heterocycles. The first kappa shape index (κ1) is 18.5. The van der Waals surface area contributed by atoms with Crippen molar-refractivity contribution in [2.75, 3.05) is 12.4 Å². The maximum absolute atomic E-state index is 13.0. The Kier molecular flexibility index (Phi) is 5.12. The number of hydrogen-bond donors (Lipinski definition) is 1. The Morgan fingerprint density at radius 2 is 1.69 bits per heavy atom. The van der Waals surface area contributed by atoms with Crippen LogP contribution in [-0.2, 0) is 0 Å². The van der Waals surface area contributed by atoms with E-state index in [1.807, 2.05) is 79.7 Å². The minimum atomic E-state index is -0.282. The van der Waals surface area contributed by atoms with Crippen LogP contribution in [0.4, 0.5) is 11.4 Å². The third-order valence-electron chi connectivity index (χ3n) is 4.51. The van der Waals surface area contributed by atoms with Crippen molar-refractivity contribution in [3.63, 3.8) is 0 Å². The van der Waals surface area contributed by atoms with E-state index in [0.29, 0.717) is 22.5 Å². The molecule has 4 rings (SSSR count). The molecule has 3 aromatic carbocycles. The molecule has 0 fully saturated rings. The summed E-state index contributed by atoms with van der Waals surface area (Å²) >= 11 is 0. The summed E-state index contributed by atoms with van der Waals surface area (Å²) in [4.78, 5) is 17.6. The van der Waals surface area contributed by atoms with E-state index in [0.717, 1.165) is 16.7 Å². The summed E-state index contributed by atoms with van der Waals surface area (Å²) in [5.41, 5.74) is 3.77. The van der Waals surface area contributed by atoms with E-state index in [-0.39, 0.29) is 11.5 Å². The van der Waals surface area contributed by atoms with E-state index >= 15 is 0 Å². The number of carbonyl (C=O) groups excluding carboxylic acids is 1. The van der Waals surface area contributed by atoms with Gasteiger partial charge in [-0.1, -0.05) is 35.9 Å². The zero-order valence-electron chi connectivity index (χ0n) is 16.2. The molecule has 0 unspecified atom stereocenters. The molecule has 1 aromatic heterocycles. The molecule has 4 aromatic rings. The van der Waals surface area contributed by atoms with Crippen LogP contribution in [0.3, 0.4) is 0 Å². The third-order valence-corrected chi connectivity index (χ3v) is 4.51. The summed E-state index contributed by atoms with van der Waals surface area (Å²) < 4.78 is 11.2. The fourth-order valence-corrected chi connectivity index (χ4v) is 2.92. The summed E-state index contributed by atoms with van der Waals surface area (Å²) in [6.45, 7) is 2.00. The summed E-state index contributed by atoms with van der Waals surface area (Å²) in [6.07, 6.45) is 0. The molecule has 1 amide bonds. The molecule has 0 atom stereocenters. The maximum Gasteiger partial charge on any atom is 0.261 e. The SMILES string of the molecule is COc1ccc(N=c2oc3ccccc3cc2C(=O)Nc2ccc(C)cc2)cc1. The van der Waals surface area contributed by atoms with Crippen molar-refractivity contribution in [2.45, 2.75) is 6.92 Å². The number of benzene rings is 3. The summed E-state index contributed by atoms with van der Waals surface area (Å²) in [5, 5.41) is 3.74. The Balaban J connectivity index is 1.79. The van der Waals surface area contributed by atoms with Crippen LogP contribution < -0.4 is 15.6 Å². The largest absolute Gasteiger partial charge is 0.497 e. The van der Waals surface area contributed by atoms with Crippen LogP contribution >= 0.6 is 0 Å². The molecular formula is C24H20N2O3. The predicted molar refractivity (Wildman–Crippen MR) is 114 cm³/mol. The van der Waals surface area contributed by atoms with Gasteiger partial charge in [0.2, 0.25) is 5.55 Å². The number of ether oxygens (including phenoxy) is 1. The van der Waals surface area contributed by atoms with E-state index in [1.165, 1.54) is 0 Å². The number of amides is 1. The monoisotopic (exact) mass is 384 g/mol. The first-order chi connectivity index (χ1) is 14.1. The molecule has 144 valence electrons. The van der Waals surface area contributed by atoms with E-state index in [4.69, 9.17) is 9.15 Å². The zero-order valence-corrected chi connectivity index (χ0v) is 16.2. The fourth-order valence-electron chi connectivity index (χ4n) is 2.92. The van der Waals surface area contributed by atoms with Gasteiger partial charge in [0.15, 0.2) is 0 Å². The Labute approximate surface area is 168 Å². The van der Waals surface area contributed by atoms with Crippen molar-refractivity contribution >= 4 is 28.3 Å². The normalized spacial score (nSPS) is 11.4. The van der Waals surface area contributed by atoms with Gasteiger partial charge in [-0.15, -0.1) is 0 Å². The number of anilines is 1. The number of nitrogens with zero attached hydrogens (tertiary/aromatic N) is 1. The number of carbonyl (C=O) groups is 1. The first-order valence-electron chi connectivity index (χ1n) is 9.22. The van der Waals surface area contributed by atoms with Crippen molar-refractivity contribution in [2.24, 2.45) is 4.99 Å². The van der Waals surface area contributed by atoms with Crippen molar-refractivity contribution in [3.8, 4) is 5.75 Å². The molecule has 0 spiro atoms. The van der Waals surface area contributed by atoms with Gasteiger partial charge in [0.25, 0.3) is 5.91 Å². The van der Waals surface area contributed by atoms with E-state index < -0.39 is 0 Å². The number of nitrogens with one attached hydrogen (secondary N) is 1. The quantitative estimate of drug-likeness (QED) is 0.524. The van der Waals surface area contributed by atoms with Gasteiger partial charge in [0.05, 0.1) is 12.8 Å². The van der Waals surface area contributed by atoms with Crippen molar-refractivity contribution < 1.29 is 13.9 Å². The van der Waals surface area contributed by atoms with Gasteiger partial charge in [0.1, 0.15) is 16.9 Å². The van der Waals surface area contributed by atoms with Gasteiger partial charge in [-0.05, 0) is 55.5 Å². The lowest BCUT2D eigenvalue weighted by Crippen LogP contribution is -2.21. The maximum atomic E-state index is 13.0. The van der Waals surface area contributed by atoms with Gasteiger partial charge in [0, 0.05) is 11.1 Å². The highest BCUT2D eigenvalue weighted by atomic mass is 16.5. The highest BCUT2D eigenvalue weighted by molar-refractivity contribution is 6.05. The average molecular weight is 384 g/mol. The van der Waals surface area contributed by atoms with Crippen molar-refractivity contribution in [1.82, 2.24) is 0 Å². The van der Waals surface area contributed by atoms with Gasteiger partial charge < -0.3 is 14.5 Å². The number of para-hydroxylation sites is 1. The summed E-state index contributed by atoms with van der Waals surface area (Å²) in [5.74, 6) is 0.451. The lowest BCUT2D eigenvalue weighted by molar-refractivity contribution is 0.102. The average Bonchev–Trinajstić information content (AvgIpc) is 2.75. The van der Waals surface area contributed by atoms with Gasteiger partial charge >= 0.3 is 0 Å². The number of rotatable bonds is 4. The lowest BCUT2D eigenvalue weighted by Gasteiger charge is -2.07. The third kappa shape index (κ3) is 4.19. The van der Waals surface area contributed by atoms with Gasteiger partial charge in [-0.3, -0.25) is 4.79 Å². The second-order valence-corrected chi connectivity index (χ2v) is 6.63. The summed E-state index contributed by atoms with van der Waals surface area (Å²) in [7, 11) is 1.61. The molecule has 0 bridgehead atoms. The molecule has 1 N–H and O–H groups in total. The number of aryl methyl sites for hydroxylation is 1. The highest BCUT2D eigenvalue weighted by Crippen LogP contribution is 2.19. The first-order valence-corrected chi connectivity index (χ1v) is 9.22. The van der Waals surface area contributed by atoms with Crippen LogP contribution in [0.2, 0.25) is 0 Å². The van der Waals surface area contributed by atoms with Crippen LogP contribution in [0.5, 0.6) is 5.75 Å². The fraction of sp³-hybridized carbons (Fsp3) is 0.0833. The molecule has 29 heavy (non-hydrogen) atoms. The Hall–Kier alpha value is -3.86. The molecule has 0 aliphatic rings. The van der Waals surface area contributed by atoms with Crippen molar-refractivity contribution in [1.29, 1.82) is 0 Å². The smallest absolute Gasteiger partial charge is 0.261 e. The molecule has 0 radical (unpaired) electrons. The number of fused-ring (bicyclic) bond motifs is 1. The van der Waals surface area contributed by atoms with E-state index in [9.17, 15) is 4.79 Å². The topological polar surface area (TPSA) is 63.8 Å². The van der Waals surface area contributed by atoms with Gasteiger partial charge in [-0.2, -0.15) is 0 Å². The van der Waals surface area contributed by atoms with Gasteiger partial charge in [-0.25, -0.2) is 4.99 Å². The molecular weight excluding hydrogens is 364 g/mol. The molecule has 0 saturated heterocycles. The zero-order chi connectivity index (χ0) is 20.2.